The van der Waals surface area contributed by atoms with Gasteiger partial charge in [-0.25, -0.2) is 15.0 Å². The summed E-state index contributed by atoms with van der Waals surface area (Å²) in [5.41, 5.74) is 14.2. The number of nitriles is 1. The molecule has 3 aromatic heterocycles. The molecule has 266 valence electrons. The van der Waals surface area contributed by atoms with Gasteiger partial charge in [0.05, 0.1) is 45.1 Å². The summed E-state index contributed by atoms with van der Waals surface area (Å²) in [5, 5.41) is 15.5. The van der Waals surface area contributed by atoms with Gasteiger partial charge in [-0.1, -0.05) is 109 Å². The Labute approximate surface area is 324 Å². The zero-order valence-electron chi connectivity index (χ0n) is 31.5. The number of rotatable bonds is 5. The minimum atomic E-state index is 0.477. The van der Waals surface area contributed by atoms with Crippen molar-refractivity contribution >= 4 is 43.6 Å². The minimum absolute atomic E-state index is 0.477. The smallest absolute Gasteiger partial charge is 0.164 e. The predicted octanol–water partition coefficient (Wildman–Crippen LogP) is 12.2. The highest BCUT2D eigenvalue weighted by molar-refractivity contribution is 6.13. The number of aromatic nitrogens is 5. The minimum Gasteiger partial charge on any atom is -0.307 e. The van der Waals surface area contributed by atoms with Crippen LogP contribution in [0, 0.1) is 39.0 Å². The summed E-state index contributed by atoms with van der Waals surface area (Å²) >= 11 is 0. The average molecular weight is 721 g/mol. The number of aryl methyl sites for hydroxylation is 4. The van der Waals surface area contributed by atoms with Gasteiger partial charge in [-0.3, -0.25) is 0 Å². The predicted molar refractivity (Wildman–Crippen MR) is 228 cm³/mol. The van der Waals surface area contributed by atoms with E-state index in [1.165, 1.54) is 22.3 Å². The summed E-state index contributed by atoms with van der Waals surface area (Å²) in [6, 6.07) is 54.3. The van der Waals surface area contributed by atoms with Gasteiger partial charge in [0.25, 0.3) is 0 Å². The second-order valence-corrected chi connectivity index (χ2v) is 14.6. The lowest BCUT2D eigenvalue weighted by Crippen LogP contribution is -2.07. The fourth-order valence-electron chi connectivity index (χ4n) is 8.54. The fourth-order valence-corrected chi connectivity index (χ4v) is 8.54. The third-order valence-corrected chi connectivity index (χ3v) is 11.1. The highest BCUT2D eigenvalue weighted by Crippen LogP contribution is 2.42. The van der Waals surface area contributed by atoms with E-state index >= 15 is 0 Å². The number of fused-ring (bicyclic) bond motifs is 6. The first kappa shape index (κ1) is 33.2. The standard InChI is InChI=1S/C50H36N6/c1-30-13-5-7-15-37(30)34-21-23-41-39-17-9-11-19-44(39)55(46(41)25-34)48-27-36(29-51)43(50-53-32(3)52-33(4)54-50)28-49(48)56-45-20-12-10-18-40(45)42-24-22-35(26-47(42)56)38-16-8-6-14-31(38)2/h5-28H,1-4H3. The van der Waals surface area contributed by atoms with Crippen molar-refractivity contribution in [3.8, 4) is 51.1 Å². The monoisotopic (exact) mass is 720 g/mol. The molecule has 0 N–H and O–H groups in total. The van der Waals surface area contributed by atoms with E-state index in [2.05, 4.69) is 174 Å². The normalized spacial score (nSPS) is 11.6. The fraction of sp³-hybridized carbons (Fsp3) is 0.0800. The lowest BCUT2D eigenvalue weighted by molar-refractivity contribution is 0.927. The molecule has 56 heavy (non-hydrogen) atoms. The molecule has 6 heteroatoms. The number of nitrogens with zero attached hydrogens (tertiary/aromatic N) is 6. The van der Waals surface area contributed by atoms with E-state index in [1.807, 2.05) is 19.9 Å². The van der Waals surface area contributed by atoms with Gasteiger partial charge in [-0.15, -0.1) is 0 Å². The van der Waals surface area contributed by atoms with Crippen LogP contribution in [0.3, 0.4) is 0 Å². The molecule has 0 unspecified atom stereocenters. The first-order valence-corrected chi connectivity index (χ1v) is 18.8. The zero-order chi connectivity index (χ0) is 38.1. The van der Waals surface area contributed by atoms with Crippen LogP contribution in [-0.4, -0.2) is 24.1 Å². The van der Waals surface area contributed by atoms with Crippen molar-refractivity contribution in [1.29, 1.82) is 5.26 Å². The quantitative estimate of drug-likeness (QED) is 0.177. The van der Waals surface area contributed by atoms with Crippen molar-refractivity contribution in [2.24, 2.45) is 0 Å². The second kappa shape index (κ2) is 12.9. The molecule has 6 nitrogen and oxygen atoms in total. The van der Waals surface area contributed by atoms with E-state index < -0.39 is 0 Å². The largest absolute Gasteiger partial charge is 0.307 e. The van der Waals surface area contributed by atoms with Crippen LogP contribution >= 0.6 is 0 Å². The van der Waals surface area contributed by atoms with Crippen LogP contribution in [0.15, 0.2) is 146 Å². The molecule has 0 spiro atoms. The molecule has 0 saturated carbocycles. The Hall–Kier alpha value is -7.36. The first-order chi connectivity index (χ1) is 27.4. The Morgan fingerprint density at radius 2 is 0.875 bits per heavy atom. The SMILES string of the molecule is Cc1nc(C)nc(-c2cc(-n3c4ccccc4c4ccc(-c5ccccc5C)cc43)c(-n3c4ccccc4c4ccc(-c5ccccc5C)cc43)cc2C#N)n1. The highest BCUT2D eigenvalue weighted by Gasteiger charge is 2.24. The summed E-state index contributed by atoms with van der Waals surface area (Å²) < 4.78 is 4.70. The van der Waals surface area contributed by atoms with Gasteiger partial charge in [0, 0.05) is 27.1 Å². The van der Waals surface area contributed by atoms with Crippen LogP contribution in [0.2, 0.25) is 0 Å². The van der Waals surface area contributed by atoms with Crippen LogP contribution < -0.4 is 0 Å². The molecule has 0 bridgehead atoms. The molecule has 0 aliphatic rings. The molecular weight excluding hydrogens is 685 g/mol. The molecule has 0 amide bonds. The van der Waals surface area contributed by atoms with Crippen molar-refractivity contribution in [2.75, 3.05) is 0 Å². The Balaban J connectivity index is 1.38. The first-order valence-electron chi connectivity index (χ1n) is 18.8. The van der Waals surface area contributed by atoms with Gasteiger partial charge < -0.3 is 9.13 Å². The van der Waals surface area contributed by atoms with Crippen molar-refractivity contribution in [3.63, 3.8) is 0 Å². The molecule has 10 aromatic rings. The van der Waals surface area contributed by atoms with Crippen LogP contribution in [0.5, 0.6) is 0 Å². The topological polar surface area (TPSA) is 72.3 Å². The van der Waals surface area contributed by atoms with Crippen LogP contribution in [0.1, 0.15) is 28.3 Å². The maximum absolute atomic E-state index is 10.9. The molecule has 3 heterocycles. The molecular formula is C50H36N6. The van der Waals surface area contributed by atoms with Crippen molar-refractivity contribution in [3.05, 3.63) is 174 Å². The van der Waals surface area contributed by atoms with E-state index in [0.29, 0.717) is 28.6 Å². The lowest BCUT2D eigenvalue weighted by Gasteiger charge is -2.19. The third-order valence-electron chi connectivity index (χ3n) is 11.1. The van der Waals surface area contributed by atoms with Gasteiger partial charge in [0.1, 0.15) is 11.6 Å². The molecule has 0 saturated heterocycles. The lowest BCUT2D eigenvalue weighted by atomic mass is 9.99. The molecule has 0 radical (unpaired) electrons. The molecule has 0 fully saturated rings. The zero-order valence-corrected chi connectivity index (χ0v) is 31.5. The summed E-state index contributed by atoms with van der Waals surface area (Å²) in [7, 11) is 0. The molecule has 0 atom stereocenters. The summed E-state index contributed by atoms with van der Waals surface area (Å²) in [5.74, 6) is 1.69. The van der Waals surface area contributed by atoms with Gasteiger partial charge in [-0.2, -0.15) is 5.26 Å². The average Bonchev–Trinajstić information content (AvgIpc) is 3.72. The summed E-state index contributed by atoms with van der Waals surface area (Å²) in [6.07, 6.45) is 0. The Bertz CT molecular complexity index is 3250. The summed E-state index contributed by atoms with van der Waals surface area (Å²) in [6.45, 7) is 8.04. The number of para-hydroxylation sites is 2. The highest BCUT2D eigenvalue weighted by atomic mass is 15.1. The Kier molecular flexibility index (Phi) is 7.65. The van der Waals surface area contributed by atoms with E-state index in [-0.39, 0.29) is 0 Å². The van der Waals surface area contributed by atoms with E-state index in [0.717, 1.165) is 66.1 Å². The van der Waals surface area contributed by atoms with Gasteiger partial charge in [0.2, 0.25) is 0 Å². The maximum atomic E-state index is 10.9. The number of hydrogen-bond donors (Lipinski definition) is 0. The van der Waals surface area contributed by atoms with E-state index in [1.54, 1.807) is 0 Å². The van der Waals surface area contributed by atoms with E-state index in [9.17, 15) is 5.26 Å². The van der Waals surface area contributed by atoms with Gasteiger partial charge in [-0.05, 0) is 97.5 Å². The molecule has 0 aliphatic heterocycles. The van der Waals surface area contributed by atoms with Crippen molar-refractivity contribution in [1.82, 2.24) is 24.1 Å². The van der Waals surface area contributed by atoms with E-state index in [4.69, 9.17) is 9.97 Å². The third kappa shape index (κ3) is 5.20. The number of hydrogen-bond acceptors (Lipinski definition) is 4. The summed E-state index contributed by atoms with van der Waals surface area (Å²) in [4.78, 5) is 14.0. The molecule has 10 rings (SSSR count). The Morgan fingerprint density at radius 1 is 0.429 bits per heavy atom. The van der Waals surface area contributed by atoms with Gasteiger partial charge in [0.15, 0.2) is 5.82 Å². The number of benzene rings is 7. The van der Waals surface area contributed by atoms with Crippen LogP contribution in [0.4, 0.5) is 0 Å². The van der Waals surface area contributed by atoms with Crippen molar-refractivity contribution < 1.29 is 0 Å². The molecule has 7 aromatic carbocycles. The van der Waals surface area contributed by atoms with Crippen LogP contribution in [-0.2, 0) is 0 Å². The van der Waals surface area contributed by atoms with Gasteiger partial charge >= 0.3 is 0 Å². The Morgan fingerprint density at radius 3 is 1.38 bits per heavy atom. The molecule has 0 aliphatic carbocycles. The maximum Gasteiger partial charge on any atom is 0.164 e. The second-order valence-electron chi connectivity index (χ2n) is 14.6. The van der Waals surface area contributed by atoms with Crippen LogP contribution in [0.25, 0.3) is 88.6 Å². The van der Waals surface area contributed by atoms with Crippen molar-refractivity contribution in [2.45, 2.75) is 27.7 Å².